The lowest BCUT2D eigenvalue weighted by Crippen LogP contribution is -2.35. The van der Waals surface area contributed by atoms with Gasteiger partial charge in [0.15, 0.2) is 0 Å². The van der Waals surface area contributed by atoms with Crippen LogP contribution >= 0.6 is 15.9 Å². The fraction of sp³-hybridized carbons (Fsp3) is 0.462. The van der Waals surface area contributed by atoms with E-state index in [2.05, 4.69) is 21.2 Å². The van der Waals surface area contributed by atoms with Gasteiger partial charge >= 0.3 is 0 Å². The number of hydrogen-bond donors (Lipinski definition) is 2. The second kappa shape index (κ2) is 7.35. The molecule has 0 saturated carbocycles. The third-order valence-electron chi connectivity index (χ3n) is 3.09. The zero-order valence-corrected chi connectivity index (χ0v) is 12.9. The molecule has 0 aliphatic heterocycles. The van der Waals surface area contributed by atoms with Gasteiger partial charge in [-0.15, -0.1) is 0 Å². The molecule has 0 heterocycles. The molecule has 0 unspecified atom stereocenters. The normalized spacial score (nSPS) is 12.0. The Labute approximate surface area is 125 Å². The van der Waals surface area contributed by atoms with Crippen LogP contribution in [0.5, 0.6) is 0 Å². The van der Waals surface area contributed by atoms with Crippen LogP contribution in [0.15, 0.2) is 16.6 Å². The van der Waals surface area contributed by atoms with Crippen LogP contribution in [0.2, 0.25) is 0 Å². The van der Waals surface area contributed by atoms with Crippen molar-refractivity contribution in [1.29, 1.82) is 0 Å². The van der Waals surface area contributed by atoms with E-state index in [1.165, 1.54) is 6.07 Å². The molecule has 0 saturated heterocycles. The maximum Gasteiger partial charge on any atom is 0.274 e. The number of aliphatic hydroxyl groups excluding tert-OH is 1. The Morgan fingerprint density at radius 1 is 1.55 bits per heavy atom. The van der Waals surface area contributed by atoms with Crippen molar-refractivity contribution in [1.82, 2.24) is 5.32 Å². The summed E-state index contributed by atoms with van der Waals surface area (Å²) in [5.41, 5.74) is 0.497. The Hall–Kier alpha value is -1.47. The van der Waals surface area contributed by atoms with Gasteiger partial charge in [0.1, 0.15) is 0 Å². The average molecular weight is 345 g/mol. The van der Waals surface area contributed by atoms with Gasteiger partial charge in [-0.3, -0.25) is 14.9 Å². The topological polar surface area (TPSA) is 92.5 Å². The van der Waals surface area contributed by atoms with Crippen LogP contribution in [-0.2, 0) is 0 Å². The van der Waals surface area contributed by atoms with Crippen molar-refractivity contribution in [3.8, 4) is 0 Å². The molecule has 0 spiro atoms. The van der Waals surface area contributed by atoms with Crippen LogP contribution in [-0.4, -0.2) is 28.6 Å². The first-order valence-corrected chi connectivity index (χ1v) is 7.06. The molecular weight excluding hydrogens is 328 g/mol. The number of rotatable bonds is 6. The van der Waals surface area contributed by atoms with Crippen molar-refractivity contribution in [3.63, 3.8) is 0 Å². The second-order valence-corrected chi connectivity index (χ2v) is 5.36. The minimum Gasteiger partial charge on any atom is -0.396 e. The Kier molecular flexibility index (Phi) is 6.09. The maximum absolute atomic E-state index is 12.2. The summed E-state index contributed by atoms with van der Waals surface area (Å²) in [6.07, 6.45) is 1.14. The highest BCUT2D eigenvalue weighted by Gasteiger charge is 2.21. The predicted molar refractivity (Wildman–Crippen MR) is 78.8 cm³/mol. The molecule has 0 bridgehead atoms. The Bertz CT molecular complexity index is 519. The van der Waals surface area contributed by atoms with Crippen LogP contribution in [0.3, 0.4) is 0 Å². The summed E-state index contributed by atoms with van der Waals surface area (Å²) in [6.45, 7) is 3.43. The summed E-state index contributed by atoms with van der Waals surface area (Å²) in [5, 5.41) is 22.6. The Balaban J connectivity index is 3.06. The molecule has 1 amide bonds. The molecule has 0 aliphatic rings. The first-order valence-electron chi connectivity index (χ1n) is 6.27. The van der Waals surface area contributed by atoms with Crippen molar-refractivity contribution >= 4 is 27.5 Å². The van der Waals surface area contributed by atoms with Crippen LogP contribution in [0.1, 0.15) is 35.7 Å². The fourth-order valence-electron chi connectivity index (χ4n) is 1.89. The number of hydrogen-bond acceptors (Lipinski definition) is 4. The van der Waals surface area contributed by atoms with Crippen molar-refractivity contribution in [2.45, 2.75) is 32.7 Å². The zero-order valence-electron chi connectivity index (χ0n) is 11.4. The molecular formula is C13H17BrN2O4. The number of nitro benzene ring substituents is 1. The lowest BCUT2D eigenvalue weighted by molar-refractivity contribution is -0.385. The summed E-state index contributed by atoms with van der Waals surface area (Å²) in [4.78, 5) is 22.6. The number of aliphatic hydroxyl groups is 1. The fourth-order valence-corrected chi connectivity index (χ4v) is 2.33. The summed E-state index contributed by atoms with van der Waals surface area (Å²) in [7, 11) is 0. The Morgan fingerprint density at radius 2 is 2.20 bits per heavy atom. The van der Waals surface area contributed by atoms with Crippen LogP contribution in [0, 0.1) is 17.0 Å². The molecule has 7 heteroatoms. The van der Waals surface area contributed by atoms with Gasteiger partial charge in [-0.25, -0.2) is 0 Å². The van der Waals surface area contributed by atoms with E-state index in [9.17, 15) is 14.9 Å². The zero-order chi connectivity index (χ0) is 15.3. The summed E-state index contributed by atoms with van der Waals surface area (Å²) in [6, 6.07) is 2.78. The van der Waals surface area contributed by atoms with Crippen molar-refractivity contribution < 1.29 is 14.8 Å². The van der Waals surface area contributed by atoms with Crippen LogP contribution in [0.25, 0.3) is 0 Å². The third kappa shape index (κ3) is 4.01. The lowest BCUT2D eigenvalue weighted by Gasteiger charge is -2.16. The van der Waals surface area contributed by atoms with Gasteiger partial charge in [-0.2, -0.15) is 0 Å². The molecule has 1 aromatic rings. The molecule has 110 valence electrons. The van der Waals surface area contributed by atoms with Gasteiger partial charge in [0.25, 0.3) is 11.6 Å². The first-order chi connectivity index (χ1) is 9.40. The van der Waals surface area contributed by atoms with Crippen molar-refractivity contribution in [3.05, 3.63) is 37.8 Å². The smallest absolute Gasteiger partial charge is 0.274 e. The van der Waals surface area contributed by atoms with E-state index in [4.69, 9.17) is 5.11 Å². The van der Waals surface area contributed by atoms with E-state index in [1.54, 1.807) is 13.0 Å². The molecule has 0 fully saturated rings. The van der Waals surface area contributed by atoms with Crippen molar-refractivity contribution in [2.75, 3.05) is 6.61 Å². The SMILES string of the molecule is CC[C@@H](CCO)NC(=O)c1cc(Br)cc([N+](=O)[O-])c1C. The second-order valence-electron chi connectivity index (χ2n) is 4.45. The molecule has 1 aromatic carbocycles. The highest BCUT2D eigenvalue weighted by Crippen LogP contribution is 2.27. The molecule has 0 aromatic heterocycles. The van der Waals surface area contributed by atoms with E-state index in [-0.39, 0.29) is 29.8 Å². The number of nitrogens with zero attached hydrogens (tertiary/aromatic N) is 1. The molecule has 1 rings (SSSR count). The number of nitro groups is 1. The molecule has 0 radical (unpaired) electrons. The predicted octanol–water partition coefficient (Wildman–Crippen LogP) is 2.56. The van der Waals surface area contributed by atoms with Gasteiger partial charge in [-0.1, -0.05) is 22.9 Å². The van der Waals surface area contributed by atoms with E-state index < -0.39 is 4.92 Å². The molecule has 20 heavy (non-hydrogen) atoms. The Morgan fingerprint density at radius 3 is 2.70 bits per heavy atom. The molecule has 2 N–H and O–H groups in total. The summed E-state index contributed by atoms with van der Waals surface area (Å²) < 4.78 is 0.482. The lowest BCUT2D eigenvalue weighted by atomic mass is 10.0. The average Bonchev–Trinajstić information content (AvgIpc) is 2.39. The standard InChI is InChI=1S/C13H17BrN2O4/c1-3-10(4-5-17)15-13(18)11-6-9(14)7-12(8(11)2)16(19)20/h6-7,10,17H,3-5H2,1-2H3,(H,15,18)/t10-/m0/s1. The van der Waals surface area contributed by atoms with Gasteiger partial charge < -0.3 is 10.4 Å². The first kappa shape index (κ1) is 16.6. The summed E-state index contributed by atoms with van der Waals surface area (Å²) >= 11 is 3.17. The van der Waals surface area contributed by atoms with E-state index in [1.807, 2.05) is 6.92 Å². The van der Waals surface area contributed by atoms with E-state index >= 15 is 0 Å². The van der Waals surface area contributed by atoms with Crippen LogP contribution < -0.4 is 5.32 Å². The number of carbonyl (C=O) groups is 1. The number of carbonyl (C=O) groups excluding carboxylic acids is 1. The van der Waals surface area contributed by atoms with Gasteiger partial charge in [0.05, 0.1) is 10.5 Å². The highest BCUT2D eigenvalue weighted by molar-refractivity contribution is 9.10. The quantitative estimate of drug-likeness (QED) is 0.612. The highest BCUT2D eigenvalue weighted by atomic mass is 79.9. The van der Waals surface area contributed by atoms with Gasteiger partial charge in [-0.05, 0) is 25.8 Å². The number of halogens is 1. The molecule has 0 aliphatic carbocycles. The third-order valence-corrected chi connectivity index (χ3v) is 3.55. The van der Waals surface area contributed by atoms with Gasteiger partial charge in [0.2, 0.25) is 0 Å². The van der Waals surface area contributed by atoms with E-state index in [0.29, 0.717) is 22.9 Å². The molecule has 1 atom stereocenters. The minimum absolute atomic E-state index is 0.0175. The number of nitrogens with one attached hydrogen (secondary N) is 1. The number of amides is 1. The van der Waals surface area contributed by atoms with E-state index in [0.717, 1.165) is 0 Å². The summed E-state index contributed by atoms with van der Waals surface area (Å²) in [5.74, 6) is -0.368. The van der Waals surface area contributed by atoms with Crippen molar-refractivity contribution in [2.24, 2.45) is 0 Å². The number of benzene rings is 1. The maximum atomic E-state index is 12.2. The minimum atomic E-state index is -0.512. The largest absolute Gasteiger partial charge is 0.396 e. The van der Waals surface area contributed by atoms with Crippen LogP contribution in [0.4, 0.5) is 5.69 Å². The van der Waals surface area contributed by atoms with Gasteiger partial charge in [0, 0.05) is 28.8 Å². The molecule has 6 nitrogen and oxygen atoms in total. The monoisotopic (exact) mass is 344 g/mol.